The van der Waals surface area contributed by atoms with E-state index < -0.39 is 11.7 Å². The van der Waals surface area contributed by atoms with Crippen LogP contribution in [0.4, 0.5) is 19.0 Å². The predicted octanol–water partition coefficient (Wildman–Crippen LogP) is 2.78. The summed E-state index contributed by atoms with van der Waals surface area (Å²) in [4.78, 5) is 17.7. The molecule has 1 aliphatic rings. The van der Waals surface area contributed by atoms with Crippen LogP contribution in [-0.4, -0.2) is 40.9 Å². The lowest BCUT2D eigenvalue weighted by molar-refractivity contribution is -0.138. The number of rotatable bonds is 3. The van der Waals surface area contributed by atoms with Crippen molar-refractivity contribution in [2.45, 2.75) is 19.5 Å². The van der Waals surface area contributed by atoms with E-state index in [4.69, 9.17) is 4.74 Å². The number of hydrogen-bond donors (Lipinski definition) is 1. The Labute approximate surface area is 158 Å². The molecule has 3 aromatic rings. The van der Waals surface area contributed by atoms with Crippen LogP contribution in [0.3, 0.4) is 0 Å². The minimum absolute atomic E-state index is 0.182. The van der Waals surface area contributed by atoms with Gasteiger partial charge in [-0.15, -0.1) is 0 Å². The Hall–Kier alpha value is -2.81. The lowest BCUT2D eigenvalue weighted by Gasteiger charge is -2.28. The second-order valence-corrected chi connectivity index (χ2v) is 6.79. The number of nitrogens with one attached hydrogen (secondary N) is 1. The van der Waals surface area contributed by atoms with Gasteiger partial charge in [0.15, 0.2) is 0 Å². The zero-order chi connectivity index (χ0) is 19.9. The van der Waals surface area contributed by atoms with Crippen molar-refractivity contribution in [2.75, 3.05) is 31.2 Å². The molecule has 2 aromatic heterocycles. The molecule has 0 atom stereocenters. The number of morpholine rings is 1. The number of nitrogens with zero attached hydrogens (tertiary/aromatic N) is 3. The summed E-state index contributed by atoms with van der Waals surface area (Å²) < 4.78 is 46.2. The van der Waals surface area contributed by atoms with Gasteiger partial charge in [0, 0.05) is 31.1 Å². The SMILES string of the molecule is Cc1c(Cc2cnn3c(=O)cc(N4CCOCC4)[nH]c23)cccc1C(F)(F)F. The molecule has 3 heterocycles. The van der Waals surface area contributed by atoms with Crippen molar-refractivity contribution in [3.8, 4) is 0 Å². The second-order valence-electron chi connectivity index (χ2n) is 6.79. The van der Waals surface area contributed by atoms with E-state index in [9.17, 15) is 18.0 Å². The normalized spacial score (nSPS) is 15.4. The maximum Gasteiger partial charge on any atom is 0.416 e. The number of anilines is 1. The Morgan fingerprint density at radius 2 is 1.96 bits per heavy atom. The van der Waals surface area contributed by atoms with Crippen LogP contribution < -0.4 is 10.5 Å². The molecule has 1 N–H and O–H groups in total. The first-order valence-corrected chi connectivity index (χ1v) is 8.93. The van der Waals surface area contributed by atoms with E-state index >= 15 is 0 Å². The van der Waals surface area contributed by atoms with Crippen LogP contribution in [0, 0.1) is 6.92 Å². The first kappa shape index (κ1) is 18.5. The van der Waals surface area contributed by atoms with E-state index in [0.29, 0.717) is 48.9 Å². The maximum absolute atomic E-state index is 13.2. The Morgan fingerprint density at radius 1 is 1.21 bits per heavy atom. The third kappa shape index (κ3) is 3.37. The molecule has 148 valence electrons. The standard InChI is InChI=1S/C19H19F3N4O2/c1-12-13(3-2-4-15(12)19(20,21)22)9-14-11-23-26-17(27)10-16(24-18(14)26)25-5-7-28-8-6-25/h2-4,10-11,24H,5-9H2,1H3. The second kappa shape index (κ2) is 6.97. The Morgan fingerprint density at radius 3 is 2.68 bits per heavy atom. The molecule has 0 saturated carbocycles. The van der Waals surface area contributed by atoms with Gasteiger partial charge in [-0.25, -0.2) is 0 Å². The molecule has 0 unspecified atom stereocenters. The summed E-state index contributed by atoms with van der Waals surface area (Å²) in [7, 11) is 0. The molecule has 6 nitrogen and oxygen atoms in total. The number of ether oxygens (including phenoxy) is 1. The van der Waals surface area contributed by atoms with Crippen molar-refractivity contribution in [3.05, 3.63) is 63.1 Å². The van der Waals surface area contributed by atoms with Gasteiger partial charge in [-0.2, -0.15) is 22.8 Å². The van der Waals surface area contributed by atoms with Gasteiger partial charge in [0.25, 0.3) is 5.56 Å². The van der Waals surface area contributed by atoms with Gasteiger partial charge in [0.05, 0.1) is 25.0 Å². The summed E-state index contributed by atoms with van der Waals surface area (Å²) >= 11 is 0. The lowest BCUT2D eigenvalue weighted by atomic mass is 9.97. The van der Waals surface area contributed by atoms with Crippen LogP contribution in [0.25, 0.3) is 5.65 Å². The van der Waals surface area contributed by atoms with Crippen molar-refractivity contribution in [1.29, 1.82) is 0 Å². The molecule has 1 aliphatic heterocycles. The van der Waals surface area contributed by atoms with Crippen LogP contribution in [-0.2, 0) is 17.3 Å². The lowest BCUT2D eigenvalue weighted by Crippen LogP contribution is -2.37. The van der Waals surface area contributed by atoms with Crippen molar-refractivity contribution in [1.82, 2.24) is 14.6 Å². The molecule has 1 saturated heterocycles. The van der Waals surface area contributed by atoms with Gasteiger partial charge in [0.2, 0.25) is 0 Å². The van der Waals surface area contributed by atoms with Crippen molar-refractivity contribution >= 4 is 11.5 Å². The summed E-state index contributed by atoms with van der Waals surface area (Å²) in [6.07, 6.45) is -2.64. The molecule has 28 heavy (non-hydrogen) atoms. The summed E-state index contributed by atoms with van der Waals surface area (Å²) in [6.45, 7) is 3.92. The minimum atomic E-state index is -4.40. The number of fused-ring (bicyclic) bond motifs is 1. The number of aromatic amines is 1. The van der Waals surface area contributed by atoms with Crippen LogP contribution >= 0.6 is 0 Å². The van der Waals surface area contributed by atoms with Gasteiger partial charge >= 0.3 is 6.18 Å². The maximum atomic E-state index is 13.2. The zero-order valence-electron chi connectivity index (χ0n) is 15.2. The van der Waals surface area contributed by atoms with E-state index in [1.807, 2.05) is 4.90 Å². The molecule has 0 spiro atoms. The van der Waals surface area contributed by atoms with Gasteiger partial charge in [-0.1, -0.05) is 12.1 Å². The number of H-pyrrole nitrogens is 1. The van der Waals surface area contributed by atoms with E-state index in [2.05, 4.69) is 10.1 Å². The minimum Gasteiger partial charge on any atom is -0.378 e. The predicted molar refractivity (Wildman–Crippen MR) is 97.8 cm³/mol. The highest BCUT2D eigenvalue weighted by molar-refractivity contribution is 5.55. The third-order valence-corrected chi connectivity index (χ3v) is 5.04. The first-order valence-electron chi connectivity index (χ1n) is 8.93. The van der Waals surface area contributed by atoms with Gasteiger partial charge in [-0.05, 0) is 24.1 Å². The average Bonchev–Trinajstić information content (AvgIpc) is 3.06. The smallest absolute Gasteiger partial charge is 0.378 e. The highest BCUT2D eigenvalue weighted by atomic mass is 19.4. The van der Waals surface area contributed by atoms with Crippen LogP contribution in [0.15, 0.2) is 35.3 Å². The monoisotopic (exact) mass is 392 g/mol. The third-order valence-electron chi connectivity index (χ3n) is 5.04. The van der Waals surface area contributed by atoms with E-state index in [1.165, 1.54) is 29.8 Å². The summed E-state index contributed by atoms with van der Waals surface area (Å²) in [5, 5.41) is 4.11. The molecule has 9 heteroatoms. The molecule has 1 aromatic carbocycles. The highest BCUT2D eigenvalue weighted by Crippen LogP contribution is 2.33. The number of aromatic nitrogens is 3. The fourth-order valence-electron chi connectivity index (χ4n) is 3.51. The molecule has 4 rings (SSSR count). The average molecular weight is 392 g/mol. The van der Waals surface area contributed by atoms with Gasteiger partial charge in [-0.3, -0.25) is 4.79 Å². The molecule has 0 aliphatic carbocycles. The quantitative estimate of drug-likeness (QED) is 0.745. The fraction of sp³-hybridized carbons (Fsp3) is 0.368. The number of alkyl halides is 3. The number of benzene rings is 1. The molecule has 1 fully saturated rings. The molecular weight excluding hydrogens is 373 g/mol. The van der Waals surface area contributed by atoms with E-state index in [0.717, 1.165) is 6.07 Å². The summed E-state index contributed by atoms with van der Waals surface area (Å²) in [5.74, 6) is 0.656. The van der Waals surface area contributed by atoms with Crippen molar-refractivity contribution in [3.63, 3.8) is 0 Å². The van der Waals surface area contributed by atoms with Crippen LogP contribution in [0.1, 0.15) is 22.3 Å². The summed E-state index contributed by atoms with van der Waals surface area (Å²) in [6, 6.07) is 5.62. The van der Waals surface area contributed by atoms with Crippen molar-refractivity contribution in [2.24, 2.45) is 0 Å². The molecule has 0 amide bonds. The topological polar surface area (TPSA) is 62.6 Å². The number of hydrogen-bond acceptors (Lipinski definition) is 4. The molecule has 0 bridgehead atoms. The number of halogens is 3. The fourth-order valence-corrected chi connectivity index (χ4v) is 3.51. The summed E-state index contributed by atoms with van der Waals surface area (Å²) in [5.41, 5.74) is 0.940. The van der Waals surface area contributed by atoms with E-state index in [1.54, 1.807) is 6.07 Å². The Bertz CT molecular complexity index is 1070. The largest absolute Gasteiger partial charge is 0.416 e. The van der Waals surface area contributed by atoms with Crippen LogP contribution in [0.2, 0.25) is 0 Å². The van der Waals surface area contributed by atoms with Gasteiger partial charge < -0.3 is 14.6 Å². The van der Waals surface area contributed by atoms with Crippen LogP contribution in [0.5, 0.6) is 0 Å². The Kier molecular flexibility index (Phi) is 4.62. The molecule has 0 radical (unpaired) electrons. The first-order chi connectivity index (χ1) is 13.3. The Balaban J connectivity index is 1.74. The highest BCUT2D eigenvalue weighted by Gasteiger charge is 2.32. The molecular formula is C19H19F3N4O2. The zero-order valence-corrected chi connectivity index (χ0v) is 15.2. The van der Waals surface area contributed by atoms with E-state index in [-0.39, 0.29) is 17.5 Å². The van der Waals surface area contributed by atoms with Gasteiger partial charge in [0.1, 0.15) is 11.5 Å². The van der Waals surface area contributed by atoms with Crippen molar-refractivity contribution < 1.29 is 17.9 Å².